The summed E-state index contributed by atoms with van der Waals surface area (Å²) in [6, 6.07) is 8.26. The van der Waals surface area contributed by atoms with Crippen LogP contribution in [-0.4, -0.2) is 41.0 Å². The number of hydrogen-bond acceptors (Lipinski definition) is 7. The van der Waals surface area contributed by atoms with Crippen LogP contribution >= 0.6 is 23.2 Å². The number of aliphatic hydroxyl groups excluding tert-OH is 1. The first-order valence-electron chi connectivity index (χ1n) is 15.1. The molecule has 0 bridgehead atoms. The van der Waals surface area contributed by atoms with Crippen LogP contribution in [0, 0.1) is 0 Å². The van der Waals surface area contributed by atoms with E-state index in [9.17, 15) is 22.8 Å². The minimum Gasteiger partial charge on any atom is -0.513 e. The van der Waals surface area contributed by atoms with Crippen molar-refractivity contribution in [2.75, 3.05) is 5.88 Å². The number of aromatic nitrogens is 5. The van der Waals surface area contributed by atoms with E-state index in [1.54, 1.807) is 43.3 Å². The number of allylic oxidation sites excluding steroid dienone is 5. The molecule has 0 amide bonds. The first-order valence-corrected chi connectivity index (χ1v) is 16.0. The maximum absolute atomic E-state index is 13.7. The highest BCUT2D eigenvalue weighted by atomic mass is 35.5. The lowest BCUT2D eigenvalue weighted by Crippen LogP contribution is -2.40. The molecule has 0 fully saturated rings. The third-order valence-electron chi connectivity index (χ3n) is 6.58. The lowest BCUT2D eigenvalue weighted by molar-refractivity contribution is -0.0915. The summed E-state index contributed by atoms with van der Waals surface area (Å²) in [5, 5.41) is 12.9. The summed E-state index contributed by atoms with van der Waals surface area (Å²) in [5.41, 5.74) is -1.10. The van der Waals surface area contributed by atoms with Crippen LogP contribution < -0.4 is 16.0 Å². The minimum absolute atomic E-state index is 0.00610. The number of ether oxygens (including phenoxy) is 1. The van der Waals surface area contributed by atoms with Gasteiger partial charge in [-0.25, -0.2) is 4.79 Å². The topological polar surface area (TPSA) is 117 Å². The van der Waals surface area contributed by atoms with Gasteiger partial charge in [-0.2, -0.15) is 18.2 Å². The molecule has 3 aromatic heterocycles. The van der Waals surface area contributed by atoms with Crippen LogP contribution in [0.2, 0.25) is 5.02 Å². The molecule has 48 heavy (non-hydrogen) atoms. The highest BCUT2D eigenvalue weighted by Gasteiger charge is 2.30. The zero-order valence-corrected chi connectivity index (χ0v) is 29.4. The van der Waals surface area contributed by atoms with Crippen LogP contribution in [0.5, 0.6) is 6.01 Å². The van der Waals surface area contributed by atoms with Gasteiger partial charge in [-0.3, -0.25) is 18.5 Å². The van der Waals surface area contributed by atoms with Gasteiger partial charge < -0.3 is 14.4 Å². The van der Waals surface area contributed by atoms with Crippen LogP contribution in [0.4, 0.5) is 13.2 Å². The van der Waals surface area contributed by atoms with E-state index in [1.165, 1.54) is 29.2 Å². The van der Waals surface area contributed by atoms with Crippen molar-refractivity contribution in [3.63, 3.8) is 0 Å². The summed E-state index contributed by atoms with van der Waals surface area (Å²) < 4.78 is 54.1. The number of aryl methyl sites for hydroxylation is 2. The number of fused-ring (bicyclic) bond motifs is 1. The smallest absolute Gasteiger partial charge is 0.412 e. The Morgan fingerprint density at radius 1 is 1.10 bits per heavy atom. The maximum atomic E-state index is 13.7. The highest BCUT2D eigenvalue weighted by molar-refractivity contribution is 6.30. The van der Waals surface area contributed by atoms with Gasteiger partial charge in [0.15, 0.2) is 11.2 Å². The van der Waals surface area contributed by atoms with E-state index >= 15 is 0 Å². The Labute approximate surface area is 286 Å². The van der Waals surface area contributed by atoms with Gasteiger partial charge in [0.25, 0.3) is 5.56 Å². The summed E-state index contributed by atoms with van der Waals surface area (Å²) in [7, 11) is 1.44. The van der Waals surface area contributed by atoms with Crippen molar-refractivity contribution >= 4 is 34.4 Å². The summed E-state index contributed by atoms with van der Waals surface area (Å²) in [5.74, 6) is 1.39. The van der Waals surface area contributed by atoms with Gasteiger partial charge in [0.2, 0.25) is 0 Å². The van der Waals surface area contributed by atoms with Crippen LogP contribution in [-0.2, 0) is 26.6 Å². The molecule has 4 aromatic rings. The van der Waals surface area contributed by atoms with Crippen molar-refractivity contribution in [2.24, 2.45) is 7.05 Å². The summed E-state index contributed by atoms with van der Waals surface area (Å²) in [6.45, 7) is 9.84. The van der Waals surface area contributed by atoms with Gasteiger partial charge in [0.05, 0.1) is 18.8 Å². The van der Waals surface area contributed by atoms with Gasteiger partial charge >= 0.3 is 17.9 Å². The van der Waals surface area contributed by atoms with Crippen molar-refractivity contribution in [1.82, 2.24) is 23.8 Å². The van der Waals surface area contributed by atoms with E-state index in [0.29, 0.717) is 40.1 Å². The van der Waals surface area contributed by atoms with Crippen LogP contribution in [0.25, 0.3) is 11.2 Å². The molecule has 4 rings (SSSR count). The van der Waals surface area contributed by atoms with Gasteiger partial charge in [0.1, 0.15) is 17.2 Å². The van der Waals surface area contributed by atoms with Crippen molar-refractivity contribution in [2.45, 2.75) is 73.6 Å². The van der Waals surface area contributed by atoms with Crippen molar-refractivity contribution in [3.8, 4) is 6.01 Å². The number of alkyl halides is 4. The Kier molecular flexibility index (Phi) is 15.3. The van der Waals surface area contributed by atoms with Gasteiger partial charge in [-0.15, -0.1) is 11.6 Å². The Hall–Kier alpha value is -4.23. The first kappa shape index (κ1) is 39.9. The van der Waals surface area contributed by atoms with E-state index in [4.69, 9.17) is 37.6 Å². The van der Waals surface area contributed by atoms with Gasteiger partial charge in [-0.1, -0.05) is 49.7 Å². The molecule has 0 atom stereocenters. The van der Waals surface area contributed by atoms with E-state index in [-0.39, 0.29) is 36.0 Å². The number of benzene rings is 1. The Morgan fingerprint density at radius 3 is 2.25 bits per heavy atom. The summed E-state index contributed by atoms with van der Waals surface area (Å²) in [4.78, 5) is 31.2. The lowest BCUT2D eigenvalue weighted by Gasteiger charge is -2.12. The molecule has 0 saturated carbocycles. The van der Waals surface area contributed by atoms with E-state index in [2.05, 4.69) is 10.1 Å². The Morgan fingerprint density at radius 2 is 1.75 bits per heavy atom. The summed E-state index contributed by atoms with van der Waals surface area (Å²) >= 11 is 11.3. The van der Waals surface area contributed by atoms with Crippen molar-refractivity contribution < 1.29 is 27.5 Å². The second kappa shape index (κ2) is 18.3. The molecule has 0 unspecified atom stereocenters. The fraction of sp³-hybridized carbons (Fsp3) is 0.394. The largest absolute Gasteiger partial charge is 0.513 e. The van der Waals surface area contributed by atoms with E-state index < -0.39 is 23.0 Å². The molecule has 0 aliphatic heterocycles. The second-order valence-electron chi connectivity index (χ2n) is 10.1. The monoisotopic (exact) mass is 713 g/mol. The quantitative estimate of drug-likeness (QED) is 0.100. The molecule has 0 aliphatic carbocycles. The highest BCUT2D eigenvalue weighted by Crippen LogP contribution is 2.28. The van der Waals surface area contributed by atoms with Crippen molar-refractivity contribution in [1.29, 1.82) is 0 Å². The predicted octanol–water partition coefficient (Wildman–Crippen LogP) is 8.09. The van der Waals surface area contributed by atoms with Gasteiger partial charge in [0, 0.05) is 36.0 Å². The zero-order chi connectivity index (χ0) is 36.2. The molecule has 0 spiro atoms. The number of aliphatic hydroxyl groups is 1. The molecule has 3 heterocycles. The fourth-order valence-electron chi connectivity index (χ4n) is 4.08. The van der Waals surface area contributed by atoms with E-state index in [0.717, 1.165) is 24.0 Å². The molecule has 10 nitrogen and oxygen atoms in total. The number of halogens is 5. The fourth-order valence-corrected chi connectivity index (χ4v) is 4.32. The van der Waals surface area contributed by atoms with Crippen molar-refractivity contribution in [3.05, 3.63) is 109 Å². The van der Waals surface area contributed by atoms with Gasteiger partial charge in [-0.05, 0) is 63.1 Å². The number of hydrogen-bond donors (Lipinski definition) is 1. The molecule has 15 heteroatoms. The average Bonchev–Trinajstić information content (AvgIpc) is 3.67. The zero-order valence-electron chi connectivity index (χ0n) is 27.9. The number of imidazole rings is 1. The molecular formula is C33H40Cl2F3N5O5. The third-order valence-corrected chi connectivity index (χ3v) is 7.05. The standard InChI is InChI=1S/C26H25ClF3N5O4.C5H9ClO.C2H6/c1-5-19(11-15(3)26(28,29)30)38-24-31-22-21(34(24)13-16-7-9-17(27)10-8-16)23(36)35(25(37)33(22)4)14-18-12-20(6-2)39-32-18;1-5(7)3-2-4-6;1-2/h5,7-12H,6,13-14H2,1-4H3;3,7H,2,4H2,1H3;1-2H3/b15-11+,19-5+;5-3-;. The maximum Gasteiger partial charge on any atom is 0.412 e. The van der Waals surface area contributed by atoms with Crippen LogP contribution in [0.15, 0.2) is 79.8 Å². The average molecular weight is 715 g/mol. The second-order valence-corrected chi connectivity index (χ2v) is 10.9. The Balaban J connectivity index is 0.000000790. The first-order chi connectivity index (χ1) is 22.7. The lowest BCUT2D eigenvalue weighted by atomic mass is 10.2. The SMILES string of the molecule is C/C(O)=C/CCCl.C/C=C(\C=C(/C)C(F)(F)F)Oc1nc2c(c(=O)n(Cc3cc(CC)on3)c(=O)n2C)n1Cc1ccc(Cl)cc1.CC. The molecular weight excluding hydrogens is 674 g/mol. The predicted molar refractivity (Wildman–Crippen MR) is 182 cm³/mol. The van der Waals surface area contributed by atoms with Crippen LogP contribution in [0.3, 0.4) is 0 Å². The molecule has 1 N–H and O–H groups in total. The molecule has 0 aliphatic rings. The number of nitrogens with zero attached hydrogens (tertiary/aromatic N) is 5. The molecule has 262 valence electrons. The van der Waals surface area contributed by atoms with Crippen LogP contribution in [0.1, 0.15) is 65.0 Å². The molecule has 0 radical (unpaired) electrons. The molecule has 1 aromatic carbocycles. The minimum atomic E-state index is -4.56. The normalized spacial score (nSPS) is 12.4. The van der Waals surface area contributed by atoms with E-state index in [1.807, 2.05) is 20.8 Å². The number of rotatable bonds is 10. The third kappa shape index (κ3) is 10.6. The Bertz CT molecular complexity index is 1860. The summed E-state index contributed by atoms with van der Waals surface area (Å²) in [6.07, 6.45) is 0.644. The molecule has 0 saturated heterocycles.